The van der Waals surface area contributed by atoms with Crippen LogP contribution in [0.5, 0.6) is 0 Å². The Morgan fingerprint density at radius 3 is 1.67 bits per heavy atom. The SMILES string of the molecule is CCCCCCCCCCCCCCCCCCNC(=O)OCC1(COC(=O)NCCN2CCOCC2)CCCCO1. The van der Waals surface area contributed by atoms with Crippen molar-refractivity contribution in [3.8, 4) is 0 Å². The lowest BCUT2D eigenvalue weighted by molar-refractivity contribution is -0.134. The van der Waals surface area contributed by atoms with Crippen molar-refractivity contribution in [3.05, 3.63) is 0 Å². The highest BCUT2D eigenvalue weighted by Gasteiger charge is 2.36. The number of amides is 2. The lowest BCUT2D eigenvalue weighted by Gasteiger charge is -2.36. The maximum atomic E-state index is 12.3. The van der Waals surface area contributed by atoms with Gasteiger partial charge in [-0.2, -0.15) is 0 Å². The summed E-state index contributed by atoms with van der Waals surface area (Å²) in [5.41, 5.74) is -0.772. The molecule has 2 aliphatic heterocycles. The zero-order valence-corrected chi connectivity index (χ0v) is 26.9. The highest BCUT2D eigenvalue weighted by atomic mass is 16.6. The molecular formula is C33H63N3O6. The van der Waals surface area contributed by atoms with Crippen molar-refractivity contribution >= 4 is 12.2 Å². The predicted molar refractivity (Wildman–Crippen MR) is 168 cm³/mol. The minimum atomic E-state index is -0.772. The molecule has 2 saturated heterocycles. The van der Waals surface area contributed by atoms with E-state index >= 15 is 0 Å². The van der Waals surface area contributed by atoms with Gasteiger partial charge in [0.15, 0.2) is 0 Å². The molecule has 42 heavy (non-hydrogen) atoms. The molecule has 0 spiro atoms. The normalized spacial score (nSPS) is 19.4. The summed E-state index contributed by atoms with van der Waals surface area (Å²) in [6.07, 6.45) is 23.0. The van der Waals surface area contributed by atoms with Crippen LogP contribution in [-0.2, 0) is 18.9 Å². The first-order valence-electron chi connectivity index (χ1n) is 17.4. The summed E-state index contributed by atoms with van der Waals surface area (Å²) in [4.78, 5) is 26.8. The van der Waals surface area contributed by atoms with Crippen LogP contribution in [-0.4, -0.2) is 88.4 Å². The molecule has 1 atom stereocenters. The van der Waals surface area contributed by atoms with Crippen molar-refractivity contribution in [2.24, 2.45) is 0 Å². The fourth-order valence-electron chi connectivity index (χ4n) is 5.68. The van der Waals surface area contributed by atoms with Crippen LogP contribution in [0.25, 0.3) is 0 Å². The van der Waals surface area contributed by atoms with Gasteiger partial charge in [0, 0.05) is 39.3 Å². The number of hydrogen-bond acceptors (Lipinski definition) is 7. The Hall–Kier alpha value is -1.58. The lowest BCUT2D eigenvalue weighted by atomic mass is 9.95. The molecule has 0 aromatic carbocycles. The van der Waals surface area contributed by atoms with Gasteiger partial charge >= 0.3 is 12.2 Å². The minimum absolute atomic E-state index is 0.0722. The summed E-state index contributed by atoms with van der Waals surface area (Å²) in [5, 5.41) is 5.67. The molecule has 0 aliphatic carbocycles. The second kappa shape index (κ2) is 24.8. The predicted octanol–water partition coefficient (Wildman–Crippen LogP) is 6.97. The van der Waals surface area contributed by atoms with Crippen LogP contribution >= 0.6 is 0 Å². The smallest absolute Gasteiger partial charge is 0.407 e. The number of unbranched alkanes of at least 4 members (excludes halogenated alkanes) is 15. The number of nitrogens with one attached hydrogen (secondary N) is 2. The summed E-state index contributed by atoms with van der Waals surface area (Å²) in [6, 6.07) is 0. The van der Waals surface area contributed by atoms with E-state index in [2.05, 4.69) is 22.5 Å². The van der Waals surface area contributed by atoms with Crippen LogP contribution in [0.4, 0.5) is 9.59 Å². The first-order valence-corrected chi connectivity index (χ1v) is 17.4. The third-order valence-corrected chi connectivity index (χ3v) is 8.47. The summed E-state index contributed by atoms with van der Waals surface area (Å²) in [6.45, 7) is 8.14. The van der Waals surface area contributed by atoms with Gasteiger partial charge in [0.2, 0.25) is 0 Å². The zero-order chi connectivity index (χ0) is 30.0. The van der Waals surface area contributed by atoms with E-state index in [4.69, 9.17) is 18.9 Å². The van der Waals surface area contributed by atoms with Gasteiger partial charge in [0.1, 0.15) is 18.8 Å². The Morgan fingerprint density at radius 1 is 0.667 bits per heavy atom. The van der Waals surface area contributed by atoms with E-state index in [-0.39, 0.29) is 13.2 Å². The monoisotopic (exact) mass is 597 g/mol. The number of morpholine rings is 1. The van der Waals surface area contributed by atoms with Gasteiger partial charge in [-0.1, -0.05) is 103 Å². The molecular weight excluding hydrogens is 534 g/mol. The number of ether oxygens (including phenoxy) is 4. The Kier molecular flexibility index (Phi) is 21.6. The second-order valence-corrected chi connectivity index (χ2v) is 12.3. The Balaban J connectivity index is 1.42. The van der Waals surface area contributed by atoms with Crippen LogP contribution in [0, 0.1) is 0 Å². The summed E-state index contributed by atoms with van der Waals surface area (Å²) >= 11 is 0. The molecule has 9 nitrogen and oxygen atoms in total. The number of nitrogens with zero attached hydrogens (tertiary/aromatic N) is 1. The second-order valence-electron chi connectivity index (χ2n) is 12.3. The largest absolute Gasteiger partial charge is 0.446 e. The third kappa shape index (κ3) is 18.9. The fourth-order valence-corrected chi connectivity index (χ4v) is 5.68. The van der Waals surface area contributed by atoms with Gasteiger partial charge in [0.05, 0.1) is 13.2 Å². The van der Waals surface area contributed by atoms with Crippen LogP contribution in [0.15, 0.2) is 0 Å². The quantitative estimate of drug-likeness (QED) is 0.116. The van der Waals surface area contributed by atoms with Crippen molar-refractivity contribution in [1.29, 1.82) is 0 Å². The summed E-state index contributed by atoms with van der Waals surface area (Å²) < 4.78 is 22.3. The molecule has 2 fully saturated rings. The molecule has 2 amide bonds. The fraction of sp³-hybridized carbons (Fsp3) is 0.939. The molecule has 0 saturated carbocycles. The van der Waals surface area contributed by atoms with Crippen molar-refractivity contribution in [3.63, 3.8) is 0 Å². The molecule has 0 aromatic rings. The van der Waals surface area contributed by atoms with Gasteiger partial charge in [0.25, 0.3) is 0 Å². The van der Waals surface area contributed by atoms with Crippen LogP contribution < -0.4 is 10.6 Å². The molecule has 2 heterocycles. The summed E-state index contributed by atoms with van der Waals surface area (Å²) in [7, 11) is 0. The van der Waals surface area contributed by atoms with Gasteiger partial charge in [-0.05, 0) is 25.7 Å². The highest BCUT2D eigenvalue weighted by molar-refractivity contribution is 5.67. The van der Waals surface area contributed by atoms with Crippen LogP contribution in [0.3, 0.4) is 0 Å². The van der Waals surface area contributed by atoms with Crippen LogP contribution in [0.1, 0.15) is 129 Å². The average molecular weight is 598 g/mol. The Bertz CT molecular complexity index is 668. The molecule has 0 aromatic heterocycles. The standard InChI is InChI=1S/C33H63N3O6/c1-2-3-4-5-6-7-8-9-10-11-12-13-14-15-16-18-21-34-31(37)40-29-33(20-17-19-26-42-33)30-41-32(38)35-22-23-36-24-27-39-28-25-36/h2-30H2,1H3,(H,34,37)(H,35,38). The highest BCUT2D eigenvalue weighted by Crippen LogP contribution is 2.26. The third-order valence-electron chi connectivity index (χ3n) is 8.47. The molecule has 0 bridgehead atoms. The van der Waals surface area contributed by atoms with E-state index < -0.39 is 17.8 Å². The summed E-state index contributed by atoms with van der Waals surface area (Å²) in [5.74, 6) is 0. The molecule has 0 radical (unpaired) electrons. The molecule has 246 valence electrons. The van der Waals surface area contributed by atoms with Gasteiger partial charge in [-0.3, -0.25) is 4.90 Å². The molecule has 2 N–H and O–H groups in total. The van der Waals surface area contributed by atoms with Crippen molar-refractivity contribution in [1.82, 2.24) is 15.5 Å². The number of hydrogen-bond donors (Lipinski definition) is 2. The maximum absolute atomic E-state index is 12.3. The Labute approximate surface area is 256 Å². The van der Waals surface area contributed by atoms with Crippen molar-refractivity contribution in [2.45, 2.75) is 135 Å². The first kappa shape index (κ1) is 36.6. The number of alkyl carbamates (subject to hydrolysis) is 2. The topological polar surface area (TPSA) is 98.4 Å². The number of rotatable bonds is 24. The van der Waals surface area contributed by atoms with Crippen LogP contribution in [0.2, 0.25) is 0 Å². The van der Waals surface area contributed by atoms with Crippen molar-refractivity contribution < 1.29 is 28.5 Å². The molecule has 9 heteroatoms. The van der Waals surface area contributed by atoms with Gasteiger partial charge < -0.3 is 29.6 Å². The Morgan fingerprint density at radius 2 is 1.17 bits per heavy atom. The van der Waals surface area contributed by atoms with Gasteiger partial charge in [-0.25, -0.2) is 9.59 Å². The van der Waals surface area contributed by atoms with E-state index in [0.29, 0.717) is 26.1 Å². The van der Waals surface area contributed by atoms with Gasteiger partial charge in [-0.15, -0.1) is 0 Å². The lowest BCUT2D eigenvalue weighted by Crippen LogP contribution is -2.48. The first-order chi connectivity index (χ1) is 20.6. The van der Waals surface area contributed by atoms with Crippen molar-refractivity contribution in [2.75, 3.05) is 65.8 Å². The van der Waals surface area contributed by atoms with E-state index in [1.54, 1.807) is 0 Å². The maximum Gasteiger partial charge on any atom is 0.407 e. The average Bonchev–Trinajstić information content (AvgIpc) is 3.01. The van der Waals surface area contributed by atoms with E-state index in [0.717, 1.165) is 58.5 Å². The van der Waals surface area contributed by atoms with E-state index in [1.807, 2.05) is 0 Å². The minimum Gasteiger partial charge on any atom is -0.446 e. The van der Waals surface area contributed by atoms with E-state index in [9.17, 15) is 9.59 Å². The number of carbonyl (C=O) groups excluding carboxylic acids is 2. The number of carbonyl (C=O) groups is 2. The molecule has 1 unspecified atom stereocenters. The van der Waals surface area contributed by atoms with E-state index in [1.165, 1.54) is 89.9 Å². The molecule has 2 rings (SSSR count). The zero-order valence-electron chi connectivity index (χ0n) is 26.9. The molecule has 2 aliphatic rings.